The van der Waals surface area contributed by atoms with Crippen LogP contribution < -0.4 is 5.32 Å². The average molecular weight is 230 g/mol. The number of amides is 1. The molecular weight excluding hydrogens is 216 g/mol. The van der Waals surface area contributed by atoms with Crippen LogP contribution in [0, 0.1) is 0 Å². The number of benzene rings is 1. The van der Waals surface area contributed by atoms with E-state index in [1.807, 2.05) is 42.1 Å². The molecule has 0 atom stereocenters. The largest absolute Gasteiger partial charge is 0.358 e. The summed E-state index contributed by atoms with van der Waals surface area (Å²) in [5.74, 6) is 0.0520. The highest BCUT2D eigenvalue weighted by atomic mass is 16.1. The fourth-order valence-electron chi connectivity index (χ4n) is 1.94. The molecule has 1 aromatic heterocycles. The van der Waals surface area contributed by atoms with Crippen molar-refractivity contribution in [2.45, 2.75) is 6.42 Å². The van der Waals surface area contributed by atoms with Crippen LogP contribution in [0.1, 0.15) is 16.8 Å². The molecule has 1 amide bonds. The first-order valence-corrected chi connectivity index (χ1v) is 5.48. The number of aromatic nitrogens is 1. The fraction of sp³-hybridized carbons (Fsp3) is 0.231. The highest BCUT2D eigenvalue weighted by Crippen LogP contribution is 2.21. The number of para-hydroxylation sites is 1. The van der Waals surface area contributed by atoms with Crippen molar-refractivity contribution in [2.75, 3.05) is 6.54 Å². The zero-order valence-corrected chi connectivity index (χ0v) is 9.64. The van der Waals surface area contributed by atoms with Crippen LogP contribution in [0.4, 0.5) is 0 Å². The quantitative estimate of drug-likeness (QED) is 0.480. The molecule has 0 saturated heterocycles. The number of hydrogen-bond acceptors (Lipinski definition) is 2. The number of ketones is 1. The van der Waals surface area contributed by atoms with E-state index in [2.05, 4.69) is 5.32 Å². The standard InChI is InChI=1S/C13H14N2O2/c1-15-8-11(13(17)6-7-14-9-16)10-4-2-3-5-12(10)15/h2-5,8-9H,6-7H2,1H3,(H,14,16). The zero-order valence-electron chi connectivity index (χ0n) is 9.64. The summed E-state index contributed by atoms with van der Waals surface area (Å²) in [4.78, 5) is 22.1. The van der Waals surface area contributed by atoms with Crippen LogP contribution in [0.2, 0.25) is 0 Å². The maximum Gasteiger partial charge on any atom is 0.207 e. The fourth-order valence-corrected chi connectivity index (χ4v) is 1.94. The molecule has 1 aromatic carbocycles. The molecule has 0 bridgehead atoms. The van der Waals surface area contributed by atoms with Crippen molar-refractivity contribution < 1.29 is 9.59 Å². The van der Waals surface area contributed by atoms with Gasteiger partial charge in [-0.1, -0.05) is 18.2 Å². The Morgan fingerprint density at radius 2 is 2.18 bits per heavy atom. The third-order valence-corrected chi connectivity index (χ3v) is 2.78. The Morgan fingerprint density at radius 3 is 2.94 bits per heavy atom. The van der Waals surface area contributed by atoms with E-state index < -0.39 is 0 Å². The first-order valence-electron chi connectivity index (χ1n) is 5.48. The van der Waals surface area contributed by atoms with Gasteiger partial charge in [0.2, 0.25) is 6.41 Å². The zero-order chi connectivity index (χ0) is 12.3. The SMILES string of the molecule is Cn1cc(C(=O)CCNC=O)c2ccccc21. The van der Waals surface area contributed by atoms with E-state index in [0.29, 0.717) is 19.4 Å². The predicted molar refractivity (Wildman–Crippen MR) is 65.9 cm³/mol. The first kappa shape index (κ1) is 11.4. The topological polar surface area (TPSA) is 51.1 Å². The molecule has 1 N–H and O–H groups in total. The maximum absolute atomic E-state index is 12.0. The van der Waals surface area contributed by atoms with Crippen molar-refractivity contribution in [3.63, 3.8) is 0 Å². The lowest BCUT2D eigenvalue weighted by Gasteiger charge is -1.98. The number of nitrogens with one attached hydrogen (secondary N) is 1. The number of hydrogen-bond donors (Lipinski definition) is 1. The Kier molecular flexibility index (Phi) is 3.23. The van der Waals surface area contributed by atoms with E-state index in [0.717, 1.165) is 16.5 Å². The van der Waals surface area contributed by atoms with Crippen molar-refractivity contribution in [3.05, 3.63) is 36.0 Å². The highest BCUT2D eigenvalue weighted by Gasteiger charge is 2.12. The molecule has 2 aromatic rings. The molecule has 88 valence electrons. The van der Waals surface area contributed by atoms with Gasteiger partial charge in [0.05, 0.1) is 0 Å². The summed E-state index contributed by atoms with van der Waals surface area (Å²) in [6.07, 6.45) is 2.77. The molecule has 0 radical (unpaired) electrons. The molecule has 4 heteroatoms. The summed E-state index contributed by atoms with van der Waals surface area (Å²) in [5, 5.41) is 3.46. The number of fused-ring (bicyclic) bond motifs is 1. The van der Waals surface area contributed by atoms with Crippen molar-refractivity contribution in [3.8, 4) is 0 Å². The molecule has 0 aliphatic rings. The van der Waals surface area contributed by atoms with Gasteiger partial charge in [-0.2, -0.15) is 0 Å². The minimum atomic E-state index is 0.0520. The number of carbonyl (C=O) groups excluding carboxylic acids is 2. The highest BCUT2D eigenvalue weighted by molar-refractivity contribution is 6.08. The Morgan fingerprint density at radius 1 is 1.41 bits per heavy atom. The van der Waals surface area contributed by atoms with Crippen molar-refractivity contribution in [1.29, 1.82) is 0 Å². The van der Waals surface area contributed by atoms with Gasteiger partial charge < -0.3 is 9.88 Å². The molecule has 2 rings (SSSR count). The number of aryl methyl sites for hydroxylation is 1. The Bertz CT molecular complexity index is 558. The van der Waals surface area contributed by atoms with Crippen molar-refractivity contribution >= 4 is 23.1 Å². The van der Waals surface area contributed by atoms with Crippen LogP contribution in [0.3, 0.4) is 0 Å². The molecule has 0 aliphatic heterocycles. The monoisotopic (exact) mass is 230 g/mol. The third kappa shape index (κ3) is 2.20. The second kappa shape index (κ2) is 4.82. The van der Waals surface area contributed by atoms with E-state index >= 15 is 0 Å². The van der Waals surface area contributed by atoms with Crippen molar-refractivity contribution in [1.82, 2.24) is 9.88 Å². The van der Waals surface area contributed by atoms with Crippen LogP contribution in [0.5, 0.6) is 0 Å². The van der Waals surface area contributed by atoms with Crippen LogP contribution in [0.25, 0.3) is 10.9 Å². The van der Waals surface area contributed by atoms with Gasteiger partial charge in [0, 0.05) is 42.7 Å². The van der Waals surface area contributed by atoms with Crippen LogP contribution >= 0.6 is 0 Å². The van der Waals surface area contributed by atoms with Gasteiger partial charge in [-0.3, -0.25) is 9.59 Å². The van der Waals surface area contributed by atoms with Gasteiger partial charge in [0.1, 0.15) is 0 Å². The second-order valence-corrected chi connectivity index (χ2v) is 3.92. The third-order valence-electron chi connectivity index (χ3n) is 2.78. The van der Waals surface area contributed by atoms with E-state index in [-0.39, 0.29) is 5.78 Å². The number of Topliss-reactive ketones (excluding diaryl/α,β-unsaturated/α-hetero) is 1. The lowest BCUT2D eigenvalue weighted by Crippen LogP contribution is -2.16. The summed E-state index contributed by atoms with van der Waals surface area (Å²) < 4.78 is 1.94. The van der Waals surface area contributed by atoms with E-state index in [9.17, 15) is 9.59 Å². The van der Waals surface area contributed by atoms with E-state index in [1.165, 1.54) is 0 Å². The molecule has 0 spiro atoms. The summed E-state index contributed by atoms with van der Waals surface area (Å²) in [7, 11) is 1.92. The minimum absolute atomic E-state index is 0.0520. The van der Waals surface area contributed by atoms with Gasteiger partial charge in [-0.25, -0.2) is 0 Å². The Balaban J connectivity index is 2.29. The summed E-state index contributed by atoms with van der Waals surface area (Å²) in [6.45, 7) is 0.381. The van der Waals surface area contributed by atoms with Gasteiger partial charge >= 0.3 is 0 Å². The first-order chi connectivity index (χ1) is 8.24. The molecule has 0 unspecified atom stereocenters. The van der Waals surface area contributed by atoms with E-state index in [1.54, 1.807) is 0 Å². The smallest absolute Gasteiger partial charge is 0.207 e. The maximum atomic E-state index is 12.0. The lowest BCUT2D eigenvalue weighted by molar-refractivity contribution is -0.109. The number of rotatable bonds is 5. The molecule has 0 fully saturated rings. The van der Waals surface area contributed by atoms with Crippen molar-refractivity contribution in [2.24, 2.45) is 7.05 Å². The molecule has 4 nitrogen and oxygen atoms in total. The van der Waals surface area contributed by atoms with Gasteiger partial charge in [0.25, 0.3) is 0 Å². The van der Waals surface area contributed by atoms with Gasteiger partial charge in [-0.05, 0) is 6.07 Å². The molecule has 0 aliphatic carbocycles. The second-order valence-electron chi connectivity index (χ2n) is 3.92. The Hall–Kier alpha value is -2.10. The molecular formula is C13H14N2O2. The molecule has 1 heterocycles. The van der Waals surface area contributed by atoms with Crippen LogP contribution in [-0.2, 0) is 11.8 Å². The van der Waals surface area contributed by atoms with Gasteiger partial charge in [0.15, 0.2) is 5.78 Å². The normalized spacial score (nSPS) is 10.4. The molecule has 0 saturated carbocycles. The minimum Gasteiger partial charge on any atom is -0.358 e. The predicted octanol–water partition coefficient (Wildman–Crippen LogP) is 1.50. The summed E-state index contributed by atoms with van der Waals surface area (Å²) >= 11 is 0. The number of nitrogens with zero attached hydrogens (tertiary/aromatic N) is 1. The van der Waals surface area contributed by atoms with Gasteiger partial charge in [-0.15, -0.1) is 0 Å². The van der Waals surface area contributed by atoms with Crippen LogP contribution in [-0.4, -0.2) is 23.3 Å². The summed E-state index contributed by atoms with van der Waals surface area (Å²) in [6, 6.07) is 7.79. The Labute approximate surface area is 99.2 Å². The van der Waals surface area contributed by atoms with Crippen LogP contribution in [0.15, 0.2) is 30.5 Å². The average Bonchev–Trinajstić information content (AvgIpc) is 2.68. The van der Waals surface area contributed by atoms with E-state index in [4.69, 9.17) is 0 Å². The molecule has 17 heavy (non-hydrogen) atoms. The number of carbonyl (C=O) groups is 2. The lowest BCUT2D eigenvalue weighted by atomic mass is 10.1. The summed E-state index contributed by atoms with van der Waals surface area (Å²) in [5.41, 5.74) is 1.76.